The average Bonchev–Trinajstić information content (AvgIpc) is 2.66. The van der Waals surface area contributed by atoms with Gasteiger partial charge in [-0.05, 0) is 42.7 Å². The van der Waals surface area contributed by atoms with Crippen molar-refractivity contribution in [1.29, 1.82) is 0 Å². The van der Waals surface area contributed by atoms with Gasteiger partial charge >= 0.3 is 5.97 Å². The molecule has 0 bridgehead atoms. The number of carbonyl (C=O) groups is 1. The van der Waals surface area contributed by atoms with E-state index >= 15 is 0 Å². The highest BCUT2D eigenvalue weighted by atomic mass is 16.5. The fraction of sp³-hybridized carbons (Fsp3) is 0.125. The number of rotatable bonds is 6. The standard InChI is InChI=1S/C24H22O3/c1-17-7-6-10-20(13-17)21(15-24(25)26)22-14-18(2)11-12-23(22)27-16-19-8-4-3-5-9-19/h3-15H,16H2,1-2H3,(H,25,26)/b21-15+. The van der Waals surface area contributed by atoms with E-state index < -0.39 is 5.97 Å². The molecule has 3 rings (SSSR count). The molecular weight excluding hydrogens is 336 g/mol. The Bertz CT molecular complexity index is 972. The summed E-state index contributed by atoms with van der Waals surface area (Å²) in [6.45, 7) is 4.40. The molecule has 0 aromatic heterocycles. The van der Waals surface area contributed by atoms with Crippen molar-refractivity contribution in [2.45, 2.75) is 20.5 Å². The molecule has 0 atom stereocenters. The molecule has 0 fully saturated rings. The van der Waals surface area contributed by atoms with E-state index in [9.17, 15) is 9.90 Å². The fourth-order valence-electron chi connectivity index (χ4n) is 2.97. The molecule has 1 N–H and O–H groups in total. The van der Waals surface area contributed by atoms with Crippen molar-refractivity contribution in [2.75, 3.05) is 0 Å². The Balaban J connectivity index is 2.03. The maximum Gasteiger partial charge on any atom is 0.328 e. The molecule has 0 amide bonds. The van der Waals surface area contributed by atoms with Crippen molar-refractivity contribution in [3.63, 3.8) is 0 Å². The number of aliphatic carboxylic acids is 1. The van der Waals surface area contributed by atoms with Gasteiger partial charge in [0.05, 0.1) is 0 Å². The van der Waals surface area contributed by atoms with Crippen LogP contribution in [-0.4, -0.2) is 11.1 Å². The average molecular weight is 358 g/mol. The second-order valence-electron chi connectivity index (χ2n) is 6.54. The van der Waals surface area contributed by atoms with Crippen molar-refractivity contribution in [2.24, 2.45) is 0 Å². The second kappa shape index (κ2) is 8.37. The minimum Gasteiger partial charge on any atom is -0.488 e. The molecule has 0 saturated carbocycles. The number of carboxylic acid groups (broad SMARTS) is 1. The number of benzene rings is 3. The van der Waals surface area contributed by atoms with Gasteiger partial charge in [0.25, 0.3) is 0 Å². The third-order valence-electron chi connectivity index (χ3n) is 4.26. The lowest BCUT2D eigenvalue weighted by Gasteiger charge is -2.16. The summed E-state index contributed by atoms with van der Waals surface area (Å²) in [6, 6.07) is 23.6. The molecule has 27 heavy (non-hydrogen) atoms. The van der Waals surface area contributed by atoms with E-state index in [4.69, 9.17) is 4.74 Å². The first-order valence-electron chi connectivity index (χ1n) is 8.82. The molecule has 0 spiro atoms. The van der Waals surface area contributed by atoms with Crippen molar-refractivity contribution in [3.8, 4) is 5.75 Å². The van der Waals surface area contributed by atoms with Crippen molar-refractivity contribution >= 4 is 11.5 Å². The van der Waals surface area contributed by atoms with Crippen molar-refractivity contribution in [3.05, 3.63) is 107 Å². The molecule has 3 heteroatoms. The molecule has 0 heterocycles. The van der Waals surface area contributed by atoms with E-state index in [2.05, 4.69) is 0 Å². The summed E-state index contributed by atoms with van der Waals surface area (Å²) < 4.78 is 6.06. The predicted molar refractivity (Wildman–Crippen MR) is 108 cm³/mol. The zero-order valence-corrected chi connectivity index (χ0v) is 15.5. The molecule has 0 unspecified atom stereocenters. The van der Waals surface area contributed by atoms with Crippen LogP contribution in [0.2, 0.25) is 0 Å². The van der Waals surface area contributed by atoms with Gasteiger partial charge in [-0.1, -0.05) is 71.8 Å². The van der Waals surface area contributed by atoms with E-state index in [-0.39, 0.29) is 0 Å². The van der Waals surface area contributed by atoms with E-state index in [1.807, 2.05) is 86.6 Å². The summed E-state index contributed by atoms with van der Waals surface area (Å²) in [5.74, 6) is -0.319. The molecule has 0 radical (unpaired) electrons. The van der Waals surface area contributed by atoms with Crippen LogP contribution in [0.4, 0.5) is 0 Å². The predicted octanol–water partition coefficient (Wildman–Crippen LogP) is 5.40. The Morgan fingerprint density at radius 1 is 0.926 bits per heavy atom. The van der Waals surface area contributed by atoms with Crippen LogP contribution in [0.5, 0.6) is 5.75 Å². The van der Waals surface area contributed by atoms with Gasteiger partial charge in [-0.25, -0.2) is 4.79 Å². The van der Waals surface area contributed by atoms with E-state index in [1.54, 1.807) is 0 Å². The molecule has 3 aromatic rings. The van der Waals surface area contributed by atoms with Crippen LogP contribution in [-0.2, 0) is 11.4 Å². The van der Waals surface area contributed by atoms with E-state index in [0.717, 1.165) is 27.8 Å². The Morgan fingerprint density at radius 2 is 1.67 bits per heavy atom. The summed E-state index contributed by atoms with van der Waals surface area (Å²) in [7, 11) is 0. The van der Waals surface area contributed by atoms with Crippen LogP contribution < -0.4 is 4.74 Å². The SMILES string of the molecule is Cc1cccc(/C(=C\C(=O)O)c2cc(C)ccc2OCc2ccccc2)c1. The smallest absolute Gasteiger partial charge is 0.328 e. The van der Waals surface area contributed by atoms with Crippen LogP contribution in [0, 0.1) is 13.8 Å². The quantitative estimate of drug-likeness (QED) is 0.600. The zero-order valence-electron chi connectivity index (χ0n) is 15.5. The third-order valence-corrected chi connectivity index (χ3v) is 4.26. The first-order valence-corrected chi connectivity index (χ1v) is 8.82. The lowest BCUT2D eigenvalue weighted by molar-refractivity contribution is -0.131. The van der Waals surface area contributed by atoms with Crippen molar-refractivity contribution < 1.29 is 14.6 Å². The molecule has 136 valence electrons. The minimum atomic E-state index is -0.984. The molecule has 0 aliphatic rings. The molecule has 3 aromatic carbocycles. The topological polar surface area (TPSA) is 46.5 Å². The summed E-state index contributed by atoms with van der Waals surface area (Å²) in [4.78, 5) is 11.5. The van der Waals surface area contributed by atoms with Crippen molar-refractivity contribution in [1.82, 2.24) is 0 Å². The number of ether oxygens (including phenoxy) is 1. The second-order valence-corrected chi connectivity index (χ2v) is 6.54. The van der Waals surface area contributed by atoms with Gasteiger partial charge in [0.15, 0.2) is 0 Å². The van der Waals surface area contributed by atoms with Gasteiger partial charge in [0, 0.05) is 11.6 Å². The summed E-state index contributed by atoms with van der Waals surface area (Å²) in [6.07, 6.45) is 1.25. The maximum absolute atomic E-state index is 11.5. The normalized spacial score (nSPS) is 11.3. The first-order chi connectivity index (χ1) is 13.0. The first kappa shape index (κ1) is 18.5. The van der Waals surface area contributed by atoms with Gasteiger partial charge in [-0.3, -0.25) is 0 Å². The Morgan fingerprint density at radius 3 is 2.37 bits per heavy atom. The van der Waals surface area contributed by atoms with Crippen LogP contribution in [0.15, 0.2) is 78.9 Å². The molecule has 3 nitrogen and oxygen atoms in total. The summed E-state index contributed by atoms with van der Waals surface area (Å²) >= 11 is 0. The van der Waals surface area contributed by atoms with Gasteiger partial charge < -0.3 is 9.84 Å². The van der Waals surface area contributed by atoms with Gasteiger partial charge in [0.2, 0.25) is 0 Å². The van der Waals surface area contributed by atoms with Gasteiger partial charge in [-0.2, -0.15) is 0 Å². The van der Waals surface area contributed by atoms with Gasteiger partial charge in [0.1, 0.15) is 12.4 Å². The highest BCUT2D eigenvalue weighted by Gasteiger charge is 2.14. The maximum atomic E-state index is 11.5. The van der Waals surface area contributed by atoms with E-state index in [0.29, 0.717) is 17.9 Å². The Labute approximate surface area is 159 Å². The van der Waals surface area contributed by atoms with Crippen LogP contribution in [0.1, 0.15) is 27.8 Å². The number of carboxylic acids is 1. The van der Waals surface area contributed by atoms with Crippen LogP contribution in [0.25, 0.3) is 5.57 Å². The number of aryl methyl sites for hydroxylation is 2. The molecule has 0 aliphatic carbocycles. The Hall–Kier alpha value is -3.33. The zero-order chi connectivity index (χ0) is 19.2. The van der Waals surface area contributed by atoms with Crippen LogP contribution >= 0.6 is 0 Å². The Kier molecular flexibility index (Phi) is 5.72. The van der Waals surface area contributed by atoms with Gasteiger partial charge in [-0.15, -0.1) is 0 Å². The number of hydrogen-bond donors (Lipinski definition) is 1. The number of hydrogen-bond acceptors (Lipinski definition) is 2. The highest BCUT2D eigenvalue weighted by Crippen LogP contribution is 2.33. The molecule has 0 aliphatic heterocycles. The third kappa shape index (κ3) is 4.85. The largest absolute Gasteiger partial charge is 0.488 e. The minimum absolute atomic E-state index is 0.422. The summed E-state index contributed by atoms with van der Waals surface area (Å²) in [5, 5.41) is 9.43. The lowest BCUT2D eigenvalue weighted by atomic mass is 9.94. The highest BCUT2D eigenvalue weighted by molar-refractivity contribution is 5.96. The summed E-state index contributed by atoms with van der Waals surface area (Å²) in [5.41, 5.74) is 5.44. The van der Waals surface area contributed by atoms with Crippen LogP contribution in [0.3, 0.4) is 0 Å². The lowest BCUT2D eigenvalue weighted by Crippen LogP contribution is -2.01. The van der Waals surface area contributed by atoms with E-state index in [1.165, 1.54) is 6.08 Å². The monoisotopic (exact) mass is 358 g/mol. The molecule has 0 saturated heterocycles. The fourth-order valence-corrected chi connectivity index (χ4v) is 2.97. The molecular formula is C24H22O3.